The molecule has 0 radical (unpaired) electrons. The maximum Gasteiger partial charge on any atom is 0.203 e. The molecule has 3 aromatic rings. The molecular formula is C16H20N8. The lowest BCUT2D eigenvalue weighted by Gasteiger charge is -2.34. The first kappa shape index (κ1) is 13.9. The molecule has 2 bridgehead atoms. The first-order chi connectivity index (χ1) is 11.7. The van der Waals surface area contributed by atoms with Crippen LogP contribution in [0.15, 0.2) is 24.8 Å². The highest BCUT2D eigenvalue weighted by Gasteiger charge is 2.44. The van der Waals surface area contributed by atoms with Gasteiger partial charge in [-0.25, -0.2) is 4.98 Å². The Bertz CT molecular complexity index is 877. The third-order valence-electron chi connectivity index (χ3n) is 5.35. The summed E-state index contributed by atoms with van der Waals surface area (Å²) in [4.78, 5) is 9.52. The van der Waals surface area contributed by atoms with Gasteiger partial charge in [-0.05, 0) is 19.4 Å². The summed E-state index contributed by atoms with van der Waals surface area (Å²) in [5, 5.41) is 12.8. The van der Waals surface area contributed by atoms with Gasteiger partial charge in [0.05, 0.1) is 5.69 Å². The molecule has 2 atom stereocenters. The molecule has 0 spiro atoms. The molecule has 2 unspecified atom stereocenters. The Kier molecular flexibility index (Phi) is 2.90. The van der Waals surface area contributed by atoms with Gasteiger partial charge in [0.1, 0.15) is 6.33 Å². The fraction of sp³-hybridized carbons (Fsp3) is 0.500. The summed E-state index contributed by atoms with van der Waals surface area (Å²) < 4.78 is 3.88. The zero-order chi connectivity index (χ0) is 16.3. The van der Waals surface area contributed by atoms with Crippen molar-refractivity contribution >= 4 is 11.5 Å². The summed E-state index contributed by atoms with van der Waals surface area (Å²) in [7, 11) is 2.00. The van der Waals surface area contributed by atoms with Crippen LogP contribution in [0.25, 0.3) is 5.65 Å². The van der Waals surface area contributed by atoms with Crippen LogP contribution in [0, 0.1) is 6.92 Å². The van der Waals surface area contributed by atoms with E-state index in [9.17, 15) is 0 Å². The average Bonchev–Trinajstić information content (AvgIpc) is 3.32. The number of likely N-dealkylation sites (tertiary alicyclic amines) is 1. The predicted octanol–water partition coefficient (Wildman–Crippen LogP) is 0.629. The van der Waals surface area contributed by atoms with E-state index in [4.69, 9.17) is 0 Å². The lowest BCUT2D eigenvalue weighted by atomic mass is 10.2. The van der Waals surface area contributed by atoms with E-state index in [1.165, 1.54) is 12.1 Å². The summed E-state index contributed by atoms with van der Waals surface area (Å²) in [6, 6.07) is 3.24. The standard InChI is InChI=1S/C16H20N8/c1-11-5-12(20-21(11)2)7-23-8-14-6-13(23)9-24(14)15-16-19-18-10-22(16)4-3-17-15/h3-5,10,13-14H,6-9H2,1-2H3. The molecule has 0 N–H and O–H groups in total. The maximum atomic E-state index is 4.60. The van der Waals surface area contributed by atoms with Gasteiger partial charge in [-0.2, -0.15) is 5.10 Å². The average molecular weight is 324 g/mol. The van der Waals surface area contributed by atoms with E-state index in [0.29, 0.717) is 12.1 Å². The van der Waals surface area contributed by atoms with E-state index < -0.39 is 0 Å². The second-order valence-electron chi connectivity index (χ2n) is 6.84. The highest BCUT2D eigenvalue weighted by Crippen LogP contribution is 2.35. The van der Waals surface area contributed by atoms with Crippen molar-refractivity contribution in [3.63, 3.8) is 0 Å². The second kappa shape index (κ2) is 5.01. The summed E-state index contributed by atoms with van der Waals surface area (Å²) in [5.74, 6) is 0.954. The summed E-state index contributed by atoms with van der Waals surface area (Å²) in [6.45, 7) is 5.08. The van der Waals surface area contributed by atoms with Gasteiger partial charge in [0.2, 0.25) is 5.65 Å². The van der Waals surface area contributed by atoms with E-state index in [1.54, 1.807) is 6.33 Å². The van der Waals surface area contributed by atoms with Gasteiger partial charge in [0, 0.05) is 56.9 Å². The van der Waals surface area contributed by atoms with Gasteiger partial charge in [-0.1, -0.05) is 0 Å². The van der Waals surface area contributed by atoms with Crippen molar-refractivity contribution in [1.82, 2.24) is 34.3 Å². The Hall–Kier alpha value is -2.48. The van der Waals surface area contributed by atoms with E-state index in [-0.39, 0.29) is 0 Å². The van der Waals surface area contributed by atoms with Gasteiger partial charge in [-0.3, -0.25) is 14.0 Å². The molecule has 2 aliphatic rings. The van der Waals surface area contributed by atoms with Gasteiger partial charge in [0.25, 0.3) is 0 Å². The van der Waals surface area contributed by atoms with Gasteiger partial charge >= 0.3 is 0 Å². The first-order valence-corrected chi connectivity index (χ1v) is 8.33. The van der Waals surface area contributed by atoms with Crippen LogP contribution in [0.5, 0.6) is 0 Å². The molecule has 0 amide bonds. The first-order valence-electron chi connectivity index (χ1n) is 8.33. The number of rotatable bonds is 3. The van der Waals surface area contributed by atoms with Crippen molar-refractivity contribution in [2.45, 2.75) is 32.0 Å². The molecule has 124 valence electrons. The molecule has 0 aromatic carbocycles. The quantitative estimate of drug-likeness (QED) is 0.704. The van der Waals surface area contributed by atoms with E-state index in [2.05, 4.69) is 43.1 Å². The minimum absolute atomic E-state index is 0.496. The number of piperazine rings is 1. The van der Waals surface area contributed by atoms with E-state index in [0.717, 1.165) is 36.8 Å². The number of hydrogen-bond donors (Lipinski definition) is 0. The van der Waals surface area contributed by atoms with Gasteiger partial charge in [0.15, 0.2) is 5.82 Å². The molecule has 2 aliphatic heterocycles. The van der Waals surface area contributed by atoms with Crippen LogP contribution in [0.3, 0.4) is 0 Å². The van der Waals surface area contributed by atoms with Crippen LogP contribution >= 0.6 is 0 Å². The van der Waals surface area contributed by atoms with Crippen molar-refractivity contribution in [3.8, 4) is 0 Å². The smallest absolute Gasteiger partial charge is 0.203 e. The highest BCUT2D eigenvalue weighted by atomic mass is 15.4. The van der Waals surface area contributed by atoms with E-state index >= 15 is 0 Å². The Morgan fingerprint density at radius 2 is 2.17 bits per heavy atom. The molecule has 0 aliphatic carbocycles. The van der Waals surface area contributed by atoms with Crippen molar-refractivity contribution in [2.24, 2.45) is 7.05 Å². The monoisotopic (exact) mass is 324 g/mol. The van der Waals surface area contributed by atoms with Crippen LogP contribution in [0.2, 0.25) is 0 Å². The van der Waals surface area contributed by atoms with Gasteiger partial charge < -0.3 is 4.90 Å². The van der Waals surface area contributed by atoms with Crippen LogP contribution in [-0.2, 0) is 13.6 Å². The second-order valence-corrected chi connectivity index (χ2v) is 6.84. The zero-order valence-corrected chi connectivity index (χ0v) is 13.9. The number of nitrogens with zero attached hydrogens (tertiary/aromatic N) is 8. The molecule has 8 heteroatoms. The third kappa shape index (κ3) is 2.02. The minimum Gasteiger partial charge on any atom is -0.348 e. The number of anilines is 1. The minimum atomic E-state index is 0.496. The number of aromatic nitrogens is 6. The predicted molar refractivity (Wildman–Crippen MR) is 88.7 cm³/mol. The van der Waals surface area contributed by atoms with Crippen LogP contribution < -0.4 is 4.90 Å². The Morgan fingerprint density at radius 3 is 2.92 bits per heavy atom. The molecule has 24 heavy (non-hydrogen) atoms. The molecule has 5 heterocycles. The third-order valence-corrected chi connectivity index (χ3v) is 5.35. The van der Waals surface area contributed by atoms with Crippen LogP contribution in [-0.4, -0.2) is 59.4 Å². The topological polar surface area (TPSA) is 67.4 Å². The van der Waals surface area contributed by atoms with Crippen molar-refractivity contribution in [1.29, 1.82) is 0 Å². The zero-order valence-electron chi connectivity index (χ0n) is 13.9. The van der Waals surface area contributed by atoms with Crippen molar-refractivity contribution in [2.75, 3.05) is 18.0 Å². The number of fused-ring (bicyclic) bond motifs is 3. The summed E-state index contributed by atoms with van der Waals surface area (Å²) >= 11 is 0. The lowest BCUT2D eigenvalue weighted by molar-refractivity contribution is 0.227. The Morgan fingerprint density at radius 1 is 1.25 bits per heavy atom. The molecule has 3 aromatic heterocycles. The molecule has 2 saturated heterocycles. The number of hydrogen-bond acceptors (Lipinski definition) is 6. The molecule has 5 rings (SSSR count). The van der Waals surface area contributed by atoms with Crippen LogP contribution in [0.4, 0.5) is 5.82 Å². The SMILES string of the molecule is Cc1cc(CN2CC3CC2CN3c2nccn3cnnc23)nn1C. The fourth-order valence-electron chi connectivity index (χ4n) is 4.07. The van der Waals surface area contributed by atoms with Gasteiger partial charge in [-0.15, -0.1) is 10.2 Å². The normalized spacial score (nSPS) is 23.7. The summed E-state index contributed by atoms with van der Waals surface area (Å²) in [5.41, 5.74) is 3.21. The van der Waals surface area contributed by atoms with Crippen LogP contribution in [0.1, 0.15) is 17.8 Å². The largest absolute Gasteiger partial charge is 0.348 e. The fourth-order valence-corrected chi connectivity index (χ4v) is 4.07. The Balaban J connectivity index is 1.36. The molecule has 0 saturated carbocycles. The molecule has 8 nitrogen and oxygen atoms in total. The lowest BCUT2D eigenvalue weighted by Crippen LogP contribution is -2.46. The maximum absolute atomic E-state index is 4.60. The number of aryl methyl sites for hydroxylation is 2. The highest BCUT2D eigenvalue weighted by molar-refractivity contribution is 5.64. The van der Waals surface area contributed by atoms with Crippen molar-refractivity contribution in [3.05, 3.63) is 36.2 Å². The molecular weight excluding hydrogens is 304 g/mol. The van der Waals surface area contributed by atoms with E-state index in [1.807, 2.05) is 28.5 Å². The molecule has 2 fully saturated rings. The van der Waals surface area contributed by atoms with Crippen molar-refractivity contribution < 1.29 is 0 Å². The Labute approximate surface area is 139 Å². The summed E-state index contributed by atoms with van der Waals surface area (Å²) in [6.07, 6.45) is 6.63.